The zero-order valence-corrected chi connectivity index (χ0v) is 18.8. The fourth-order valence-corrected chi connectivity index (χ4v) is 4.05. The topological polar surface area (TPSA) is 96.8 Å². The van der Waals surface area contributed by atoms with Crippen molar-refractivity contribution in [1.29, 1.82) is 0 Å². The van der Waals surface area contributed by atoms with Crippen molar-refractivity contribution in [3.8, 4) is 11.4 Å². The average molecular weight is 471 g/mol. The summed E-state index contributed by atoms with van der Waals surface area (Å²) in [6, 6.07) is 5.08. The fourth-order valence-electron chi connectivity index (χ4n) is 4.05. The van der Waals surface area contributed by atoms with E-state index in [1.165, 1.54) is 0 Å². The molecule has 4 heterocycles. The van der Waals surface area contributed by atoms with E-state index in [0.29, 0.717) is 30.2 Å². The van der Waals surface area contributed by atoms with Crippen LogP contribution in [-0.4, -0.2) is 54.9 Å². The van der Waals surface area contributed by atoms with Gasteiger partial charge in [-0.25, -0.2) is 24.9 Å². The molecule has 11 heteroatoms. The number of amides is 1. The number of nitrogens with one attached hydrogen (secondary N) is 1. The maximum absolute atomic E-state index is 13.7. The van der Waals surface area contributed by atoms with Crippen LogP contribution >= 0.6 is 0 Å². The van der Waals surface area contributed by atoms with Crippen molar-refractivity contribution in [1.82, 2.24) is 29.8 Å². The number of carbonyl (C=O) groups excluding carboxylic acids is 1. The van der Waals surface area contributed by atoms with Crippen molar-refractivity contribution in [2.24, 2.45) is 5.92 Å². The first-order valence-corrected chi connectivity index (χ1v) is 10.9. The Balaban J connectivity index is 1.57. The molecule has 1 saturated heterocycles. The first-order chi connectivity index (χ1) is 16.2. The smallest absolute Gasteiger partial charge is 0.352 e. The molecule has 0 bridgehead atoms. The van der Waals surface area contributed by atoms with E-state index in [0.717, 1.165) is 25.2 Å². The highest BCUT2D eigenvalue weighted by Gasteiger charge is 2.35. The van der Waals surface area contributed by atoms with Crippen LogP contribution in [0.4, 0.5) is 19.1 Å². The zero-order chi connectivity index (χ0) is 24.3. The Hall–Kier alpha value is -3.63. The van der Waals surface area contributed by atoms with E-state index in [-0.39, 0.29) is 29.5 Å². The van der Waals surface area contributed by atoms with Crippen molar-refractivity contribution >= 4 is 11.9 Å². The number of pyridine rings is 1. The van der Waals surface area contributed by atoms with E-state index in [2.05, 4.69) is 30.2 Å². The molecule has 3 aromatic heterocycles. The monoisotopic (exact) mass is 471 g/mol. The maximum Gasteiger partial charge on any atom is 0.419 e. The Morgan fingerprint density at radius 2 is 1.85 bits per heavy atom. The van der Waals surface area contributed by atoms with E-state index in [4.69, 9.17) is 0 Å². The molecule has 3 aromatic rings. The number of rotatable bonds is 5. The van der Waals surface area contributed by atoms with Gasteiger partial charge in [0.2, 0.25) is 5.95 Å². The zero-order valence-electron chi connectivity index (χ0n) is 18.8. The molecule has 0 radical (unpaired) electrons. The van der Waals surface area contributed by atoms with Gasteiger partial charge in [0.1, 0.15) is 5.69 Å². The molecule has 2 atom stereocenters. The number of halogens is 3. The molecule has 0 aromatic carbocycles. The summed E-state index contributed by atoms with van der Waals surface area (Å²) >= 11 is 0. The van der Waals surface area contributed by atoms with Crippen LogP contribution in [0.2, 0.25) is 0 Å². The van der Waals surface area contributed by atoms with Crippen molar-refractivity contribution in [3.63, 3.8) is 0 Å². The summed E-state index contributed by atoms with van der Waals surface area (Å²) in [5.74, 6) is 0.403. The molecule has 8 nitrogen and oxygen atoms in total. The number of aryl methyl sites for hydroxylation is 1. The van der Waals surface area contributed by atoms with Crippen LogP contribution in [0.1, 0.15) is 41.5 Å². The van der Waals surface area contributed by atoms with E-state index >= 15 is 0 Å². The maximum atomic E-state index is 13.7. The Kier molecular flexibility index (Phi) is 6.71. The first-order valence-electron chi connectivity index (χ1n) is 10.9. The molecule has 0 spiro atoms. The molecule has 1 N–H and O–H groups in total. The minimum atomic E-state index is -4.50. The number of anilines is 1. The van der Waals surface area contributed by atoms with Gasteiger partial charge in [-0.1, -0.05) is 6.92 Å². The van der Waals surface area contributed by atoms with Crippen LogP contribution in [0, 0.1) is 12.8 Å². The van der Waals surface area contributed by atoms with Crippen LogP contribution in [0.15, 0.2) is 43.0 Å². The summed E-state index contributed by atoms with van der Waals surface area (Å²) < 4.78 is 38.3. The van der Waals surface area contributed by atoms with Crippen LogP contribution in [0.3, 0.4) is 0 Å². The van der Waals surface area contributed by atoms with Crippen LogP contribution < -0.4 is 5.32 Å². The van der Waals surface area contributed by atoms with E-state index in [1.807, 2.05) is 19.9 Å². The molecule has 0 saturated carbocycles. The molecule has 0 aliphatic carbocycles. The van der Waals surface area contributed by atoms with Gasteiger partial charge in [-0.05, 0) is 43.9 Å². The molecule has 2 unspecified atom stereocenters. The third-order valence-corrected chi connectivity index (χ3v) is 5.87. The van der Waals surface area contributed by atoms with Crippen LogP contribution in [-0.2, 0) is 6.18 Å². The molecular weight excluding hydrogens is 447 g/mol. The summed E-state index contributed by atoms with van der Waals surface area (Å²) in [6.45, 7) is 4.69. The number of likely N-dealkylation sites (tertiary alicyclic amines) is 1. The molecule has 1 aliphatic rings. The number of alkyl halides is 3. The van der Waals surface area contributed by atoms with Gasteiger partial charge >= 0.3 is 6.18 Å². The van der Waals surface area contributed by atoms with Crippen molar-refractivity contribution < 1.29 is 18.0 Å². The largest absolute Gasteiger partial charge is 0.419 e. The van der Waals surface area contributed by atoms with Gasteiger partial charge in [0.25, 0.3) is 5.91 Å². The minimum Gasteiger partial charge on any atom is -0.352 e. The number of hydrogen-bond acceptors (Lipinski definition) is 7. The quantitative estimate of drug-likeness (QED) is 0.601. The summed E-state index contributed by atoms with van der Waals surface area (Å²) in [4.78, 5) is 36.1. The number of carbonyl (C=O) groups is 1. The van der Waals surface area contributed by atoms with E-state index < -0.39 is 11.7 Å². The number of hydrogen-bond donors (Lipinski definition) is 1. The molecular formula is C23H24F3N7O. The summed E-state index contributed by atoms with van der Waals surface area (Å²) in [6.07, 6.45) is 1.95. The average Bonchev–Trinajstić information content (AvgIpc) is 2.83. The molecule has 4 rings (SSSR count). The number of nitrogens with zero attached hydrogens (tertiary/aromatic N) is 6. The van der Waals surface area contributed by atoms with Gasteiger partial charge in [0, 0.05) is 43.6 Å². The Morgan fingerprint density at radius 3 is 2.53 bits per heavy atom. The van der Waals surface area contributed by atoms with Crippen LogP contribution in [0.5, 0.6) is 0 Å². The van der Waals surface area contributed by atoms with Gasteiger partial charge in [0.05, 0.1) is 17.2 Å². The summed E-state index contributed by atoms with van der Waals surface area (Å²) in [5, 5.41) is 2.99. The molecule has 1 aliphatic heterocycles. The minimum absolute atomic E-state index is 0.0743. The van der Waals surface area contributed by atoms with Gasteiger partial charge in [0.15, 0.2) is 5.82 Å². The molecule has 1 amide bonds. The highest BCUT2D eigenvalue weighted by molar-refractivity contribution is 5.98. The number of piperidine rings is 1. The van der Waals surface area contributed by atoms with Gasteiger partial charge in [-0.3, -0.25) is 4.79 Å². The standard InChI is InChI=1S/C23H24F3N7O/c1-14-5-3-10-33(18(14)13-31-22-29-11-16(12-30-22)23(24,25)26)21(34)19-17(7-6-15(2)32-19)20-27-8-4-9-28-20/h4,6-9,11-12,14,18H,3,5,10,13H2,1-2H3,(H,29,30,31). The number of aromatic nitrogens is 5. The molecule has 1 fully saturated rings. The first kappa shape index (κ1) is 23.5. The Labute approximate surface area is 194 Å². The normalized spacial score (nSPS) is 18.6. The summed E-state index contributed by atoms with van der Waals surface area (Å²) in [5.41, 5.74) is 0.603. The van der Waals surface area contributed by atoms with Gasteiger partial charge < -0.3 is 10.2 Å². The van der Waals surface area contributed by atoms with Gasteiger partial charge in [-0.2, -0.15) is 13.2 Å². The van der Waals surface area contributed by atoms with Crippen molar-refractivity contribution in [3.05, 3.63) is 59.9 Å². The van der Waals surface area contributed by atoms with E-state index in [9.17, 15) is 18.0 Å². The van der Waals surface area contributed by atoms with Gasteiger partial charge in [-0.15, -0.1) is 0 Å². The van der Waals surface area contributed by atoms with Crippen LogP contribution in [0.25, 0.3) is 11.4 Å². The molecule has 34 heavy (non-hydrogen) atoms. The Bertz CT molecular complexity index is 1140. The summed E-state index contributed by atoms with van der Waals surface area (Å²) in [7, 11) is 0. The predicted molar refractivity (Wildman–Crippen MR) is 119 cm³/mol. The third kappa shape index (κ3) is 5.13. The van der Waals surface area contributed by atoms with E-state index in [1.54, 1.807) is 29.4 Å². The fraction of sp³-hybridized carbons (Fsp3) is 0.391. The lowest BCUT2D eigenvalue weighted by molar-refractivity contribution is -0.138. The second-order valence-electron chi connectivity index (χ2n) is 8.28. The highest BCUT2D eigenvalue weighted by Crippen LogP contribution is 2.29. The van der Waals surface area contributed by atoms with Crippen molar-refractivity contribution in [2.75, 3.05) is 18.4 Å². The molecule has 178 valence electrons. The highest BCUT2D eigenvalue weighted by atomic mass is 19.4. The second-order valence-corrected chi connectivity index (χ2v) is 8.28. The Morgan fingerprint density at radius 1 is 1.15 bits per heavy atom. The lowest BCUT2D eigenvalue weighted by Gasteiger charge is -2.40. The third-order valence-electron chi connectivity index (χ3n) is 5.87. The second kappa shape index (κ2) is 9.70. The SMILES string of the molecule is Cc1ccc(-c2ncccn2)c(C(=O)N2CCCC(C)C2CNc2ncc(C(F)(F)F)cn2)n1. The lowest BCUT2D eigenvalue weighted by Crippen LogP contribution is -2.51. The lowest BCUT2D eigenvalue weighted by atomic mass is 9.90. The predicted octanol–water partition coefficient (Wildman–Crippen LogP) is 4.01. The van der Waals surface area contributed by atoms with Crippen molar-refractivity contribution in [2.45, 2.75) is 38.9 Å².